The van der Waals surface area contributed by atoms with Crippen LogP contribution in [0.3, 0.4) is 0 Å². The molecule has 0 saturated heterocycles. The summed E-state index contributed by atoms with van der Waals surface area (Å²) < 4.78 is 10.5. The standard InChI is InChI=1S/C24H48N2O4.Y/c1-4-5-6-7-8-9-10-11-12-13-14-15-16-17-25-24(28)26-21-18-20(19-29-2)22(27)23(21)30-3;/h20-23,27H,4-19H2,1-3H3,(H2,25,26,28);/t20-,21+,22+,23?;/m1./s1. The first-order valence-corrected chi connectivity index (χ1v) is 12.4. The number of rotatable bonds is 18. The maximum absolute atomic E-state index is 12.2. The van der Waals surface area contributed by atoms with Crippen LogP contribution < -0.4 is 10.6 Å². The molecule has 6 nitrogen and oxygen atoms in total. The van der Waals surface area contributed by atoms with Crippen LogP contribution in [0, 0.1) is 5.92 Å². The Balaban J connectivity index is 0.00000900. The van der Waals surface area contributed by atoms with E-state index < -0.39 is 6.10 Å². The number of nitrogens with one attached hydrogen (secondary N) is 2. The van der Waals surface area contributed by atoms with E-state index in [9.17, 15) is 9.90 Å². The van der Waals surface area contributed by atoms with Gasteiger partial charge in [-0.1, -0.05) is 84.0 Å². The number of ether oxygens (including phenoxy) is 2. The Morgan fingerprint density at radius 1 is 0.903 bits per heavy atom. The number of amides is 2. The normalized spacial score (nSPS) is 22.8. The molecule has 0 aromatic heterocycles. The zero-order chi connectivity index (χ0) is 22.0. The molecule has 0 spiro atoms. The van der Waals surface area contributed by atoms with Crippen molar-refractivity contribution in [2.24, 2.45) is 5.92 Å². The molecule has 1 unspecified atom stereocenters. The third-order valence-electron chi connectivity index (χ3n) is 6.31. The summed E-state index contributed by atoms with van der Waals surface area (Å²) >= 11 is 0. The Bertz CT molecular complexity index is 428. The largest absolute Gasteiger partial charge is 0.390 e. The second-order valence-corrected chi connectivity index (χ2v) is 8.89. The molecule has 0 heterocycles. The molecule has 1 rings (SSSR count). The Hall–Kier alpha value is 0.254. The molecule has 181 valence electrons. The zero-order valence-electron chi connectivity index (χ0n) is 20.4. The molecule has 3 N–H and O–H groups in total. The number of aliphatic hydroxyl groups excluding tert-OH is 1. The van der Waals surface area contributed by atoms with Crippen molar-refractivity contribution in [3.8, 4) is 0 Å². The van der Waals surface area contributed by atoms with Crippen LogP contribution in [-0.4, -0.2) is 56.8 Å². The second kappa shape index (κ2) is 20.8. The first-order valence-electron chi connectivity index (χ1n) is 12.4. The first kappa shape index (κ1) is 31.3. The maximum atomic E-state index is 12.2. The predicted molar refractivity (Wildman–Crippen MR) is 123 cm³/mol. The summed E-state index contributed by atoms with van der Waals surface area (Å²) in [5, 5.41) is 16.2. The SMILES string of the molecule is CCCCCCCCCCCCCCCNC(=O)N[C@H]1C[C@H](COC)[C@H](O)C1OC.[Y]. The van der Waals surface area contributed by atoms with Gasteiger partial charge in [-0.2, -0.15) is 0 Å². The summed E-state index contributed by atoms with van der Waals surface area (Å²) in [4.78, 5) is 12.2. The molecule has 0 aliphatic heterocycles. The van der Waals surface area contributed by atoms with Gasteiger partial charge in [0.05, 0.1) is 18.8 Å². The van der Waals surface area contributed by atoms with Crippen LogP contribution in [0.1, 0.15) is 96.8 Å². The fourth-order valence-corrected chi connectivity index (χ4v) is 4.50. The molecule has 0 aromatic carbocycles. The van der Waals surface area contributed by atoms with Gasteiger partial charge in [0.15, 0.2) is 0 Å². The number of hydrogen-bond acceptors (Lipinski definition) is 4. The zero-order valence-corrected chi connectivity index (χ0v) is 23.2. The minimum atomic E-state index is -0.610. The summed E-state index contributed by atoms with van der Waals surface area (Å²) in [7, 11) is 3.20. The summed E-state index contributed by atoms with van der Waals surface area (Å²) in [5.41, 5.74) is 0. The van der Waals surface area contributed by atoms with Gasteiger partial charge >= 0.3 is 6.03 Å². The van der Waals surface area contributed by atoms with Gasteiger partial charge in [-0.15, -0.1) is 0 Å². The van der Waals surface area contributed by atoms with Crippen molar-refractivity contribution < 1.29 is 52.1 Å². The summed E-state index contributed by atoms with van der Waals surface area (Å²) in [6, 6.07) is -0.358. The summed E-state index contributed by atoms with van der Waals surface area (Å²) in [6.45, 7) is 3.43. The van der Waals surface area contributed by atoms with Crippen LogP contribution in [0.25, 0.3) is 0 Å². The van der Waals surface area contributed by atoms with Crippen molar-refractivity contribution in [2.45, 2.75) is 115 Å². The number of methoxy groups -OCH3 is 2. The van der Waals surface area contributed by atoms with Gasteiger partial charge in [0.2, 0.25) is 0 Å². The molecule has 1 saturated carbocycles. The number of unbranched alkanes of at least 4 members (excludes halogenated alkanes) is 12. The number of carbonyl (C=O) groups excluding carboxylic acids is 1. The third kappa shape index (κ3) is 14.2. The molecule has 2 amide bonds. The molecule has 1 aliphatic rings. The van der Waals surface area contributed by atoms with E-state index in [2.05, 4.69) is 17.6 Å². The fourth-order valence-electron chi connectivity index (χ4n) is 4.50. The number of urea groups is 1. The molecule has 4 atom stereocenters. The maximum Gasteiger partial charge on any atom is 0.315 e. The van der Waals surface area contributed by atoms with E-state index in [0.717, 1.165) is 12.8 Å². The molecule has 1 radical (unpaired) electrons. The van der Waals surface area contributed by atoms with Crippen LogP contribution >= 0.6 is 0 Å². The van der Waals surface area contributed by atoms with Gasteiger partial charge in [0.1, 0.15) is 6.10 Å². The third-order valence-corrected chi connectivity index (χ3v) is 6.31. The van der Waals surface area contributed by atoms with E-state index in [1.54, 1.807) is 14.2 Å². The van der Waals surface area contributed by atoms with Crippen LogP contribution in [0.4, 0.5) is 4.79 Å². The number of hydrogen-bond donors (Lipinski definition) is 3. The van der Waals surface area contributed by atoms with E-state index >= 15 is 0 Å². The number of aliphatic hydroxyl groups is 1. The smallest absolute Gasteiger partial charge is 0.315 e. The molecular formula is C24H48N2O4Y. The predicted octanol–water partition coefficient (Wildman–Crippen LogP) is 4.79. The average Bonchev–Trinajstić information content (AvgIpc) is 3.02. The quantitative estimate of drug-likeness (QED) is 0.229. The van der Waals surface area contributed by atoms with Crippen molar-refractivity contribution in [3.63, 3.8) is 0 Å². The molecule has 31 heavy (non-hydrogen) atoms. The Labute approximate surface area is 216 Å². The summed E-state index contributed by atoms with van der Waals surface area (Å²) in [6.07, 6.45) is 16.8. The van der Waals surface area contributed by atoms with Gasteiger partial charge in [-0.05, 0) is 12.8 Å². The Kier molecular flexibility index (Phi) is 21.0. The average molecular weight is 518 g/mol. The van der Waals surface area contributed by atoms with Crippen LogP contribution in [0.2, 0.25) is 0 Å². The molecule has 0 bridgehead atoms. The Morgan fingerprint density at radius 3 is 1.90 bits per heavy atom. The van der Waals surface area contributed by atoms with Crippen LogP contribution in [-0.2, 0) is 42.2 Å². The van der Waals surface area contributed by atoms with Gasteiger partial charge < -0.3 is 25.2 Å². The van der Waals surface area contributed by atoms with Gasteiger partial charge in [-0.25, -0.2) is 4.79 Å². The monoisotopic (exact) mass is 517 g/mol. The second-order valence-electron chi connectivity index (χ2n) is 8.89. The minimum absolute atomic E-state index is 0. The molecular weight excluding hydrogens is 469 g/mol. The molecule has 0 aromatic rings. The van der Waals surface area contributed by atoms with Crippen molar-refractivity contribution in [1.29, 1.82) is 0 Å². The van der Waals surface area contributed by atoms with Gasteiger partial charge in [0, 0.05) is 59.4 Å². The van der Waals surface area contributed by atoms with Crippen molar-refractivity contribution >= 4 is 6.03 Å². The molecule has 7 heteroatoms. The summed E-state index contributed by atoms with van der Waals surface area (Å²) in [5.74, 6) is -0.00805. The van der Waals surface area contributed by atoms with Crippen molar-refractivity contribution in [1.82, 2.24) is 10.6 Å². The van der Waals surface area contributed by atoms with Gasteiger partial charge in [-0.3, -0.25) is 0 Å². The number of carbonyl (C=O) groups is 1. The van der Waals surface area contributed by atoms with E-state index in [1.807, 2.05) is 0 Å². The first-order chi connectivity index (χ1) is 14.6. The van der Waals surface area contributed by atoms with Crippen molar-refractivity contribution in [3.05, 3.63) is 0 Å². The Morgan fingerprint density at radius 2 is 1.42 bits per heavy atom. The topological polar surface area (TPSA) is 79.8 Å². The van der Waals surface area contributed by atoms with E-state index in [1.165, 1.54) is 70.6 Å². The fraction of sp³-hybridized carbons (Fsp3) is 0.958. The van der Waals surface area contributed by atoms with Crippen LogP contribution in [0.15, 0.2) is 0 Å². The van der Waals surface area contributed by atoms with E-state index in [-0.39, 0.29) is 56.8 Å². The van der Waals surface area contributed by atoms with Crippen molar-refractivity contribution in [2.75, 3.05) is 27.4 Å². The minimum Gasteiger partial charge on any atom is -0.390 e. The van der Waals surface area contributed by atoms with E-state index in [0.29, 0.717) is 19.6 Å². The van der Waals surface area contributed by atoms with Crippen LogP contribution in [0.5, 0.6) is 0 Å². The molecule has 1 aliphatic carbocycles. The molecule has 1 fully saturated rings. The van der Waals surface area contributed by atoms with Gasteiger partial charge in [0.25, 0.3) is 0 Å². The van der Waals surface area contributed by atoms with E-state index in [4.69, 9.17) is 9.47 Å².